The number of likely N-dealkylation sites (tertiary alicyclic amines) is 1. The molecule has 3 saturated heterocycles. The first-order chi connectivity index (χ1) is 14.8. The quantitative estimate of drug-likeness (QED) is 0.624. The number of aliphatic hydroxyl groups excluding tert-OH is 1. The highest BCUT2D eigenvalue weighted by molar-refractivity contribution is 8.02. The van der Waals surface area contributed by atoms with E-state index in [1.807, 2.05) is 32.0 Å². The number of esters is 1. The molecule has 31 heavy (non-hydrogen) atoms. The fraction of sp³-hybridized carbons (Fsp3) is 0.609. The standard InChI is InChI=1S/C23H30N2O5S/c1-4-30-22(29)17-16-8-9-23(31-16)18(17)21(28)25(10-5-11-26)19(23)20(27)24-15-12-13(2)6-7-14(15)3/h6-7,12,16-19,26H,4-5,8-11H2,1-3H3,(H,24,27)/t16-,17+,18+,19?,23?/m1/s1. The van der Waals surface area contributed by atoms with Crippen LogP contribution in [-0.4, -0.2) is 63.6 Å². The number of carbonyl (C=O) groups excluding carboxylic acids is 3. The summed E-state index contributed by atoms with van der Waals surface area (Å²) in [4.78, 5) is 41.5. The van der Waals surface area contributed by atoms with E-state index < -0.39 is 22.6 Å². The van der Waals surface area contributed by atoms with Crippen molar-refractivity contribution in [2.45, 2.75) is 56.1 Å². The van der Waals surface area contributed by atoms with Crippen molar-refractivity contribution < 1.29 is 24.2 Å². The molecule has 5 atom stereocenters. The monoisotopic (exact) mass is 446 g/mol. The zero-order valence-electron chi connectivity index (χ0n) is 18.2. The minimum atomic E-state index is -0.675. The topological polar surface area (TPSA) is 95.9 Å². The van der Waals surface area contributed by atoms with Crippen LogP contribution in [0.4, 0.5) is 5.69 Å². The molecule has 3 heterocycles. The maximum Gasteiger partial charge on any atom is 0.310 e. The molecule has 2 bridgehead atoms. The smallest absolute Gasteiger partial charge is 0.310 e. The highest BCUT2D eigenvalue weighted by Gasteiger charge is 2.73. The number of amides is 2. The van der Waals surface area contributed by atoms with Gasteiger partial charge in [0.05, 0.1) is 23.2 Å². The predicted molar refractivity (Wildman–Crippen MR) is 119 cm³/mol. The number of fused-ring (bicyclic) bond motifs is 1. The highest BCUT2D eigenvalue weighted by Crippen LogP contribution is 2.66. The van der Waals surface area contributed by atoms with Gasteiger partial charge in [0.1, 0.15) is 6.04 Å². The SMILES string of the molecule is CCOC(=O)[C@@H]1[C@H]2C(=O)N(CCCO)C(C(=O)Nc3cc(C)ccc3C)C23CC[C@H]1S3. The van der Waals surface area contributed by atoms with Crippen LogP contribution in [0.1, 0.15) is 37.3 Å². The molecular weight excluding hydrogens is 416 g/mol. The van der Waals surface area contributed by atoms with Crippen molar-refractivity contribution in [2.75, 3.05) is 25.1 Å². The molecule has 1 aromatic carbocycles. The Morgan fingerprint density at radius 3 is 2.84 bits per heavy atom. The molecule has 3 fully saturated rings. The summed E-state index contributed by atoms with van der Waals surface area (Å²) < 4.78 is 4.68. The van der Waals surface area contributed by atoms with Crippen LogP contribution < -0.4 is 5.32 Å². The predicted octanol–water partition coefficient (Wildman–Crippen LogP) is 2.28. The first kappa shape index (κ1) is 22.1. The molecule has 4 rings (SSSR count). The molecule has 2 N–H and O–H groups in total. The zero-order valence-corrected chi connectivity index (χ0v) is 19.0. The van der Waals surface area contributed by atoms with E-state index in [0.717, 1.165) is 29.7 Å². The summed E-state index contributed by atoms with van der Waals surface area (Å²) in [7, 11) is 0. The molecule has 7 nitrogen and oxygen atoms in total. The second-order valence-corrected chi connectivity index (χ2v) is 10.3. The van der Waals surface area contributed by atoms with Gasteiger partial charge in [0.2, 0.25) is 11.8 Å². The Kier molecular flexibility index (Phi) is 6.05. The molecule has 1 spiro atoms. The third-order valence-corrected chi connectivity index (χ3v) is 8.77. The second kappa shape index (κ2) is 8.47. The van der Waals surface area contributed by atoms with Crippen molar-refractivity contribution >= 4 is 35.2 Å². The lowest BCUT2D eigenvalue weighted by atomic mass is 9.71. The van der Waals surface area contributed by atoms with Crippen molar-refractivity contribution in [1.29, 1.82) is 0 Å². The van der Waals surface area contributed by atoms with Gasteiger partial charge < -0.3 is 20.1 Å². The van der Waals surface area contributed by atoms with Gasteiger partial charge in [-0.3, -0.25) is 14.4 Å². The molecule has 3 aliphatic heterocycles. The lowest BCUT2D eigenvalue weighted by Gasteiger charge is -2.34. The van der Waals surface area contributed by atoms with Crippen LogP contribution in [0.5, 0.6) is 0 Å². The van der Waals surface area contributed by atoms with Crippen LogP contribution >= 0.6 is 11.8 Å². The van der Waals surface area contributed by atoms with Gasteiger partial charge in [-0.1, -0.05) is 12.1 Å². The van der Waals surface area contributed by atoms with Gasteiger partial charge in [0.15, 0.2) is 0 Å². The van der Waals surface area contributed by atoms with Crippen molar-refractivity contribution in [3.05, 3.63) is 29.3 Å². The van der Waals surface area contributed by atoms with Gasteiger partial charge >= 0.3 is 5.97 Å². The average Bonchev–Trinajstić information content (AvgIpc) is 3.36. The maximum atomic E-state index is 13.6. The van der Waals surface area contributed by atoms with Gasteiger partial charge in [0, 0.05) is 24.1 Å². The molecule has 0 aliphatic carbocycles. The van der Waals surface area contributed by atoms with Gasteiger partial charge in [-0.15, -0.1) is 11.8 Å². The summed E-state index contributed by atoms with van der Waals surface area (Å²) in [5.74, 6) is -1.79. The van der Waals surface area contributed by atoms with Gasteiger partial charge in [-0.05, 0) is 57.2 Å². The number of aryl methyl sites for hydroxylation is 2. The first-order valence-corrected chi connectivity index (χ1v) is 11.9. The molecule has 2 amide bonds. The molecule has 168 valence electrons. The van der Waals surface area contributed by atoms with Gasteiger partial charge in [-0.25, -0.2) is 0 Å². The molecule has 0 radical (unpaired) electrons. The fourth-order valence-corrected chi connectivity index (χ4v) is 7.72. The Labute approximate surface area is 186 Å². The highest BCUT2D eigenvalue weighted by atomic mass is 32.2. The van der Waals surface area contributed by atoms with Gasteiger partial charge in [-0.2, -0.15) is 0 Å². The van der Waals surface area contributed by atoms with Crippen molar-refractivity contribution in [3.63, 3.8) is 0 Å². The van der Waals surface area contributed by atoms with E-state index in [0.29, 0.717) is 13.0 Å². The van der Waals surface area contributed by atoms with E-state index in [1.54, 1.807) is 23.6 Å². The number of rotatable bonds is 7. The first-order valence-electron chi connectivity index (χ1n) is 11.0. The van der Waals surface area contributed by atoms with Crippen LogP contribution in [0, 0.1) is 25.7 Å². The van der Waals surface area contributed by atoms with E-state index >= 15 is 0 Å². The molecule has 3 aliphatic rings. The number of aliphatic hydroxyl groups is 1. The Bertz CT molecular complexity index is 906. The fourth-order valence-electron chi connectivity index (χ4n) is 5.51. The Hall–Kier alpha value is -2.06. The number of benzene rings is 1. The molecule has 8 heteroatoms. The van der Waals surface area contributed by atoms with E-state index in [1.165, 1.54) is 0 Å². The van der Waals surface area contributed by atoms with Crippen LogP contribution in [0.2, 0.25) is 0 Å². The van der Waals surface area contributed by atoms with Crippen molar-refractivity contribution in [2.24, 2.45) is 11.8 Å². The largest absolute Gasteiger partial charge is 0.466 e. The van der Waals surface area contributed by atoms with Crippen molar-refractivity contribution in [1.82, 2.24) is 4.90 Å². The summed E-state index contributed by atoms with van der Waals surface area (Å²) in [5, 5.41) is 12.4. The Morgan fingerprint density at radius 1 is 1.35 bits per heavy atom. The average molecular weight is 447 g/mol. The van der Waals surface area contributed by atoms with E-state index in [9.17, 15) is 19.5 Å². The maximum absolute atomic E-state index is 13.6. The van der Waals surface area contributed by atoms with Crippen LogP contribution in [0.25, 0.3) is 0 Å². The van der Waals surface area contributed by atoms with Crippen LogP contribution in [0.3, 0.4) is 0 Å². The third kappa shape index (κ3) is 3.53. The molecule has 0 saturated carbocycles. The summed E-state index contributed by atoms with van der Waals surface area (Å²) >= 11 is 1.62. The number of hydrogen-bond acceptors (Lipinski definition) is 6. The van der Waals surface area contributed by atoms with Crippen LogP contribution in [-0.2, 0) is 19.1 Å². The number of nitrogens with zero attached hydrogens (tertiary/aromatic N) is 1. The lowest BCUT2D eigenvalue weighted by Crippen LogP contribution is -2.51. The number of nitrogens with one attached hydrogen (secondary N) is 1. The Balaban J connectivity index is 1.69. The summed E-state index contributed by atoms with van der Waals surface area (Å²) in [5.41, 5.74) is 2.72. The number of anilines is 1. The van der Waals surface area contributed by atoms with E-state index in [-0.39, 0.29) is 36.2 Å². The number of carbonyl (C=O) groups is 3. The summed E-state index contributed by atoms with van der Waals surface area (Å²) in [6, 6.07) is 5.20. The summed E-state index contributed by atoms with van der Waals surface area (Å²) in [6.45, 7) is 6.16. The van der Waals surface area contributed by atoms with E-state index in [2.05, 4.69) is 5.32 Å². The minimum absolute atomic E-state index is 0.00370. The number of ether oxygens (including phenoxy) is 1. The van der Waals surface area contributed by atoms with Crippen molar-refractivity contribution in [3.8, 4) is 0 Å². The third-order valence-electron chi connectivity index (χ3n) is 6.82. The second-order valence-electron chi connectivity index (χ2n) is 8.72. The lowest BCUT2D eigenvalue weighted by molar-refractivity contribution is -0.153. The van der Waals surface area contributed by atoms with E-state index in [4.69, 9.17) is 4.74 Å². The minimum Gasteiger partial charge on any atom is -0.466 e. The number of hydrogen-bond donors (Lipinski definition) is 2. The summed E-state index contributed by atoms with van der Waals surface area (Å²) in [6.07, 6.45) is 1.90. The molecular formula is C23H30N2O5S. The number of thioether (sulfide) groups is 1. The van der Waals surface area contributed by atoms with Crippen LogP contribution in [0.15, 0.2) is 18.2 Å². The normalized spacial score (nSPS) is 31.1. The molecule has 0 aromatic heterocycles. The zero-order chi connectivity index (χ0) is 22.3. The Morgan fingerprint density at radius 2 is 2.13 bits per heavy atom. The molecule has 2 unspecified atom stereocenters. The van der Waals surface area contributed by atoms with Gasteiger partial charge in [0.25, 0.3) is 0 Å². The molecule has 1 aromatic rings.